The Bertz CT molecular complexity index is 950. The lowest BCUT2D eigenvalue weighted by atomic mass is 10.1. The van der Waals surface area contributed by atoms with Gasteiger partial charge in [-0.25, -0.2) is 4.79 Å². The van der Waals surface area contributed by atoms with Crippen molar-refractivity contribution in [1.29, 1.82) is 0 Å². The van der Waals surface area contributed by atoms with Gasteiger partial charge >= 0.3 is 5.69 Å². The highest BCUT2D eigenvalue weighted by atomic mass is 16.8. The molecular formula is C18H23N5O5. The molecular weight excluding hydrogens is 366 g/mol. The van der Waals surface area contributed by atoms with Crippen LogP contribution in [0.15, 0.2) is 20.8 Å². The summed E-state index contributed by atoms with van der Waals surface area (Å²) in [5.74, 6) is 5.00. The van der Waals surface area contributed by atoms with Crippen LogP contribution in [0.25, 0.3) is 10.4 Å². The summed E-state index contributed by atoms with van der Waals surface area (Å²) in [7, 11) is 0. The minimum absolute atomic E-state index is 0.0310. The summed E-state index contributed by atoms with van der Waals surface area (Å²) < 4.78 is 19.1. The summed E-state index contributed by atoms with van der Waals surface area (Å²) in [6.45, 7) is 5.60. The first-order valence-corrected chi connectivity index (χ1v) is 9.23. The molecule has 0 radical (unpaired) electrons. The maximum atomic E-state index is 12.6. The van der Waals surface area contributed by atoms with E-state index >= 15 is 0 Å². The van der Waals surface area contributed by atoms with Gasteiger partial charge in [0.05, 0.1) is 12.6 Å². The molecule has 0 amide bonds. The molecule has 1 aromatic heterocycles. The summed E-state index contributed by atoms with van der Waals surface area (Å²) in [5.41, 5.74) is 7.69. The van der Waals surface area contributed by atoms with Crippen LogP contribution in [0.1, 0.15) is 52.0 Å². The number of aromatic nitrogens is 2. The average molecular weight is 389 g/mol. The predicted octanol–water partition coefficient (Wildman–Crippen LogP) is 1.81. The SMILES string of the molecule is CCCCC#Cc1cc(=O)[nH]c(=O)n1[C@@H]1O[C@H](CN=[N+]=[N-])[C@H]2OC(C)(C)O[C@H]21. The summed E-state index contributed by atoms with van der Waals surface area (Å²) in [6.07, 6.45) is -0.0314. The van der Waals surface area contributed by atoms with Gasteiger partial charge in [-0.2, -0.15) is 0 Å². The van der Waals surface area contributed by atoms with Crippen molar-refractivity contribution in [1.82, 2.24) is 9.55 Å². The zero-order valence-corrected chi connectivity index (χ0v) is 16.0. The van der Waals surface area contributed by atoms with E-state index < -0.39 is 41.6 Å². The second-order valence-electron chi connectivity index (χ2n) is 7.14. The topological polar surface area (TPSA) is 131 Å². The van der Waals surface area contributed by atoms with Gasteiger partial charge < -0.3 is 14.2 Å². The third kappa shape index (κ3) is 4.13. The molecule has 28 heavy (non-hydrogen) atoms. The lowest BCUT2D eigenvalue weighted by molar-refractivity contribution is -0.196. The summed E-state index contributed by atoms with van der Waals surface area (Å²) in [4.78, 5) is 29.4. The number of unbranched alkanes of at least 4 members (excludes halogenated alkanes) is 2. The highest BCUT2D eigenvalue weighted by Crippen LogP contribution is 2.42. The molecule has 1 N–H and O–H groups in total. The first kappa shape index (κ1) is 20.2. The summed E-state index contributed by atoms with van der Waals surface area (Å²) >= 11 is 0. The van der Waals surface area contributed by atoms with Crippen molar-refractivity contribution >= 4 is 0 Å². The fourth-order valence-electron chi connectivity index (χ4n) is 3.40. The van der Waals surface area contributed by atoms with Gasteiger partial charge in [-0.15, -0.1) is 0 Å². The molecule has 0 aromatic carbocycles. The van der Waals surface area contributed by atoms with E-state index in [0.717, 1.165) is 12.8 Å². The Balaban J connectivity index is 2.01. The second kappa shape index (κ2) is 8.20. The van der Waals surface area contributed by atoms with E-state index in [9.17, 15) is 9.59 Å². The molecule has 0 spiro atoms. The fourth-order valence-corrected chi connectivity index (χ4v) is 3.40. The van der Waals surface area contributed by atoms with Gasteiger partial charge in [-0.05, 0) is 31.7 Å². The molecule has 2 fully saturated rings. The fraction of sp³-hybridized carbons (Fsp3) is 0.667. The van der Waals surface area contributed by atoms with E-state index in [1.165, 1.54) is 10.6 Å². The molecule has 0 unspecified atom stereocenters. The van der Waals surface area contributed by atoms with Crippen LogP contribution in [-0.2, 0) is 14.2 Å². The third-order valence-corrected chi connectivity index (χ3v) is 4.55. The van der Waals surface area contributed by atoms with Crippen LogP contribution in [0, 0.1) is 11.8 Å². The number of fused-ring (bicyclic) bond motifs is 1. The monoisotopic (exact) mass is 389 g/mol. The van der Waals surface area contributed by atoms with Gasteiger partial charge in [0.25, 0.3) is 5.56 Å². The number of ether oxygens (including phenoxy) is 3. The maximum Gasteiger partial charge on any atom is 0.331 e. The molecule has 10 nitrogen and oxygen atoms in total. The molecule has 4 atom stereocenters. The zero-order valence-electron chi connectivity index (χ0n) is 16.0. The normalized spacial score (nSPS) is 27.5. The van der Waals surface area contributed by atoms with Crippen molar-refractivity contribution in [2.24, 2.45) is 5.11 Å². The molecule has 150 valence electrons. The van der Waals surface area contributed by atoms with Crippen LogP contribution < -0.4 is 11.2 Å². The Morgan fingerprint density at radius 2 is 2.11 bits per heavy atom. The Labute approximate surface area is 161 Å². The van der Waals surface area contributed by atoms with Gasteiger partial charge in [0.15, 0.2) is 12.0 Å². The minimum atomic E-state index is -0.884. The molecule has 3 rings (SSSR count). The molecule has 3 heterocycles. The average Bonchev–Trinajstić information content (AvgIpc) is 3.10. The van der Waals surface area contributed by atoms with Crippen molar-refractivity contribution < 1.29 is 14.2 Å². The Kier molecular flexibility index (Phi) is 5.91. The third-order valence-electron chi connectivity index (χ3n) is 4.55. The van der Waals surface area contributed by atoms with E-state index in [1.54, 1.807) is 13.8 Å². The Hall–Kier alpha value is -2.57. The molecule has 0 aliphatic carbocycles. The van der Waals surface area contributed by atoms with Crippen LogP contribution in [0.4, 0.5) is 0 Å². The smallest absolute Gasteiger partial charge is 0.331 e. The zero-order chi connectivity index (χ0) is 20.3. The number of nitrogens with one attached hydrogen (secondary N) is 1. The van der Waals surface area contributed by atoms with Crippen molar-refractivity contribution in [3.8, 4) is 11.8 Å². The quantitative estimate of drug-likeness (QED) is 0.270. The summed E-state index contributed by atoms with van der Waals surface area (Å²) in [5, 5.41) is 3.57. The van der Waals surface area contributed by atoms with Crippen molar-refractivity contribution in [3.05, 3.63) is 43.0 Å². The van der Waals surface area contributed by atoms with Gasteiger partial charge in [-0.3, -0.25) is 14.3 Å². The number of rotatable bonds is 5. The lowest BCUT2D eigenvalue weighted by Crippen LogP contribution is -2.39. The lowest BCUT2D eigenvalue weighted by Gasteiger charge is -2.25. The molecule has 1 aromatic rings. The molecule has 0 saturated carbocycles. The van der Waals surface area contributed by atoms with Gasteiger partial charge in [0.2, 0.25) is 0 Å². The van der Waals surface area contributed by atoms with E-state index in [1.807, 2.05) is 0 Å². The van der Waals surface area contributed by atoms with E-state index in [0.29, 0.717) is 6.42 Å². The van der Waals surface area contributed by atoms with Crippen molar-refractivity contribution in [2.75, 3.05) is 6.54 Å². The Morgan fingerprint density at radius 1 is 1.36 bits per heavy atom. The van der Waals surface area contributed by atoms with Crippen LogP contribution in [0.3, 0.4) is 0 Å². The van der Waals surface area contributed by atoms with Crippen LogP contribution in [-0.4, -0.2) is 40.2 Å². The number of azide groups is 1. The largest absolute Gasteiger partial charge is 0.349 e. The molecule has 0 bridgehead atoms. The van der Waals surface area contributed by atoms with Crippen LogP contribution >= 0.6 is 0 Å². The number of hydrogen-bond acceptors (Lipinski definition) is 6. The second-order valence-corrected chi connectivity index (χ2v) is 7.14. The first-order valence-electron chi connectivity index (χ1n) is 9.23. The highest BCUT2D eigenvalue weighted by Gasteiger charge is 2.56. The van der Waals surface area contributed by atoms with Crippen LogP contribution in [0.5, 0.6) is 0 Å². The number of nitrogens with zero attached hydrogens (tertiary/aromatic N) is 4. The standard InChI is InChI=1S/C18H23N5O5/c1-4-5-6-7-8-11-9-13(24)21-17(25)23(11)16-15-14(27-18(2,3)28-15)12(26-16)10-20-22-19/h9,12,14-16H,4-6,10H2,1-3H3,(H,21,24,25)/t12-,14-,15-,16-/m1/s1. The van der Waals surface area contributed by atoms with Crippen LogP contribution in [0.2, 0.25) is 0 Å². The number of aromatic amines is 1. The first-order chi connectivity index (χ1) is 13.4. The van der Waals surface area contributed by atoms with Crippen molar-refractivity contribution in [3.63, 3.8) is 0 Å². The van der Waals surface area contributed by atoms with Gasteiger partial charge in [-0.1, -0.05) is 24.4 Å². The molecule has 2 aliphatic heterocycles. The Morgan fingerprint density at radius 3 is 2.82 bits per heavy atom. The van der Waals surface area contributed by atoms with Crippen molar-refractivity contribution in [2.45, 2.75) is 70.4 Å². The molecule has 2 aliphatic rings. The predicted molar refractivity (Wildman–Crippen MR) is 99.5 cm³/mol. The minimum Gasteiger partial charge on any atom is -0.349 e. The van der Waals surface area contributed by atoms with Gasteiger partial charge in [0.1, 0.15) is 17.9 Å². The number of hydrogen-bond donors (Lipinski definition) is 1. The molecule has 10 heteroatoms. The highest BCUT2D eigenvalue weighted by molar-refractivity contribution is 5.27. The molecule has 2 saturated heterocycles. The van der Waals surface area contributed by atoms with E-state index in [4.69, 9.17) is 19.7 Å². The van der Waals surface area contributed by atoms with E-state index in [2.05, 4.69) is 33.8 Å². The summed E-state index contributed by atoms with van der Waals surface area (Å²) in [6, 6.07) is 1.26. The maximum absolute atomic E-state index is 12.6. The number of H-pyrrole nitrogens is 1. The van der Waals surface area contributed by atoms with E-state index in [-0.39, 0.29) is 12.2 Å². The van der Waals surface area contributed by atoms with Gasteiger partial charge in [0, 0.05) is 17.4 Å².